The predicted molar refractivity (Wildman–Crippen MR) is 87.6 cm³/mol. The summed E-state index contributed by atoms with van der Waals surface area (Å²) in [6, 6.07) is 5.86. The Balaban J connectivity index is 0.00000200. The van der Waals surface area contributed by atoms with Crippen molar-refractivity contribution in [1.82, 2.24) is 15.3 Å². The van der Waals surface area contributed by atoms with Gasteiger partial charge in [-0.1, -0.05) is 11.6 Å². The van der Waals surface area contributed by atoms with Crippen LogP contribution in [0.5, 0.6) is 0 Å². The lowest BCUT2D eigenvalue weighted by Gasteiger charge is -2.05. The summed E-state index contributed by atoms with van der Waals surface area (Å²) in [6.07, 6.45) is 2.45. The molecule has 1 aromatic carbocycles. The molecule has 21 heavy (non-hydrogen) atoms. The number of carbonyl (C=O) groups excluding carboxylic acids is 1. The molecule has 0 bridgehead atoms. The Kier molecular flexibility index (Phi) is 8.85. The number of aryl methyl sites for hydroxylation is 1. The molecule has 0 unspecified atom stereocenters. The number of nitrogens with one attached hydrogen (secondary N) is 1. The quantitative estimate of drug-likeness (QED) is 0.855. The number of ether oxygens (including phenoxy) is 1. The number of carbonyl (C=O) groups is 1. The molecule has 0 saturated carbocycles. The van der Waals surface area contributed by atoms with Gasteiger partial charge in [0.1, 0.15) is 0 Å². The summed E-state index contributed by atoms with van der Waals surface area (Å²) in [5, 5.41) is 3.71. The molecule has 116 valence electrons. The van der Waals surface area contributed by atoms with Gasteiger partial charge in [0.2, 0.25) is 5.82 Å². The SMILES string of the molecule is COCCCNC(=O)c1ncc2cc(C)ccc2n1.Cl.Cl. The Bertz CT molecular complexity index is 593. The number of nitrogens with zero attached hydrogens (tertiary/aromatic N) is 2. The fraction of sp³-hybridized carbons (Fsp3) is 0.357. The standard InChI is InChI=1S/C14H17N3O2.2ClH/c1-10-4-5-12-11(8-10)9-16-13(17-12)14(18)15-6-3-7-19-2;;/h4-5,8-9H,3,6-7H2,1-2H3,(H,15,18);2*1H. The second-order valence-electron chi connectivity index (χ2n) is 4.36. The number of amides is 1. The highest BCUT2D eigenvalue weighted by atomic mass is 35.5. The van der Waals surface area contributed by atoms with Gasteiger partial charge in [-0.25, -0.2) is 9.97 Å². The zero-order valence-corrected chi connectivity index (χ0v) is 13.6. The highest BCUT2D eigenvalue weighted by molar-refractivity contribution is 5.92. The van der Waals surface area contributed by atoms with Gasteiger partial charge in [-0.05, 0) is 25.5 Å². The summed E-state index contributed by atoms with van der Waals surface area (Å²) in [6.45, 7) is 3.19. The molecule has 0 fully saturated rings. The number of hydrogen-bond donors (Lipinski definition) is 1. The molecule has 5 nitrogen and oxygen atoms in total. The molecule has 1 N–H and O–H groups in total. The molecule has 0 spiro atoms. The molecule has 2 aromatic rings. The fourth-order valence-electron chi connectivity index (χ4n) is 1.76. The molecule has 0 atom stereocenters. The minimum absolute atomic E-state index is 0. The van der Waals surface area contributed by atoms with Crippen LogP contribution in [0.25, 0.3) is 10.9 Å². The van der Waals surface area contributed by atoms with Gasteiger partial charge in [0.15, 0.2) is 0 Å². The molecular formula is C14H19Cl2N3O2. The number of hydrogen-bond acceptors (Lipinski definition) is 4. The van der Waals surface area contributed by atoms with E-state index in [1.54, 1.807) is 13.3 Å². The van der Waals surface area contributed by atoms with Crippen LogP contribution in [0.1, 0.15) is 22.6 Å². The lowest BCUT2D eigenvalue weighted by atomic mass is 10.2. The first-order chi connectivity index (χ1) is 9.20. The first-order valence-corrected chi connectivity index (χ1v) is 6.21. The van der Waals surface area contributed by atoms with Crippen LogP contribution in [0.15, 0.2) is 24.4 Å². The van der Waals surface area contributed by atoms with E-state index >= 15 is 0 Å². The average molecular weight is 332 g/mol. The van der Waals surface area contributed by atoms with Crippen molar-refractivity contribution in [2.45, 2.75) is 13.3 Å². The van der Waals surface area contributed by atoms with Gasteiger partial charge < -0.3 is 10.1 Å². The van der Waals surface area contributed by atoms with Crippen molar-refractivity contribution in [3.63, 3.8) is 0 Å². The van der Waals surface area contributed by atoms with Gasteiger partial charge >= 0.3 is 0 Å². The zero-order chi connectivity index (χ0) is 13.7. The number of fused-ring (bicyclic) bond motifs is 1. The second kappa shape index (κ2) is 9.50. The Labute approximate surface area is 136 Å². The summed E-state index contributed by atoms with van der Waals surface area (Å²) >= 11 is 0. The van der Waals surface area contributed by atoms with Gasteiger partial charge in [0.25, 0.3) is 5.91 Å². The summed E-state index contributed by atoms with van der Waals surface area (Å²) in [5.41, 5.74) is 1.93. The third kappa shape index (κ3) is 5.46. The molecule has 0 aliphatic carbocycles. The van der Waals surface area contributed by atoms with Crippen LogP contribution in [0.3, 0.4) is 0 Å². The largest absolute Gasteiger partial charge is 0.385 e. The van der Waals surface area contributed by atoms with Gasteiger partial charge in [0.05, 0.1) is 5.52 Å². The Morgan fingerprint density at radius 1 is 1.33 bits per heavy atom. The van der Waals surface area contributed by atoms with E-state index in [0.717, 1.165) is 22.9 Å². The van der Waals surface area contributed by atoms with Crippen LogP contribution < -0.4 is 5.32 Å². The van der Waals surface area contributed by atoms with Crippen molar-refractivity contribution in [3.8, 4) is 0 Å². The van der Waals surface area contributed by atoms with E-state index in [0.29, 0.717) is 13.2 Å². The van der Waals surface area contributed by atoms with Gasteiger partial charge in [-0.2, -0.15) is 0 Å². The minimum atomic E-state index is -0.251. The van der Waals surface area contributed by atoms with Crippen molar-refractivity contribution >= 4 is 41.6 Å². The first-order valence-electron chi connectivity index (χ1n) is 6.21. The average Bonchev–Trinajstić information content (AvgIpc) is 2.42. The normalized spacial score (nSPS) is 9.62. The number of aromatic nitrogens is 2. The number of rotatable bonds is 5. The number of halogens is 2. The van der Waals surface area contributed by atoms with Crippen LogP contribution in [0, 0.1) is 6.92 Å². The van der Waals surface area contributed by atoms with E-state index in [1.165, 1.54) is 0 Å². The lowest BCUT2D eigenvalue weighted by molar-refractivity contribution is 0.0938. The topological polar surface area (TPSA) is 64.1 Å². The molecule has 0 aliphatic rings. The molecule has 7 heteroatoms. The Hall–Kier alpha value is -1.43. The maximum atomic E-state index is 11.8. The monoisotopic (exact) mass is 331 g/mol. The molecule has 0 saturated heterocycles. The molecule has 2 rings (SSSR count). The fourth-order valence-corrected chi connectivity index (χ4v) is 1.76. The first kappa shape index (κ1) is 19.6. The van der Waals surface area contributed by atoms with Crippen LogP contribution in [-0.2, 0) is 4.74 Å². The van der Waals surface area contributed by atoms with E-state index in [4.69, 9.17) is 4.74 Å². The van der Waals surface area contributed by atoms with E-state index in [2.05, 4.69) is 15.3 Å². The van der Waals surface area contributed by atoms with Crippen LogP contribution in [-0.4, -0.2) is 36.1 Å². The second-order valence-corrected chi connectivity index (χ2v) is 4.36. The summed E-state index contributed by atoms with van der Waals surface area (Å²) < 4.78 is 4.92. The minimum Gasteiger partial charge on any atom is -0.385 e. The van der Waals surface area contributed by atoms with Gasteiger partial charge in [0, 0.05) is 31.8 Å². The van der Waals surface area contributed by atoms with E-state index in [-0.39, 0.29) is 36.5 Å². The van der Waals surface area contributed by atoms with E-state index in [1.807, 2.05) is 25.1 Å². The number of benzene rings is 1. The summed E-state index contributed by atoms with van der Waals surface area (Å²) in [7, 11) is 1.64. The predicted octanol–water partition coefficient (Wildman–Crippen LogP) is 2.55. The van der Waals surface area contributed by atoms with E-state index in [9.17, 15) is 4.79 Å². The van der Waals surface area contributed by atoms with Crippen molar-refractivity contribution in [3.05, 3.63) is 35.8 Å². The van der Waals surface area contributed by atoms with Crippen molar-refractivity contribution in [2.24, 2.45) is 0 Å². The molecule has 1 amide bonds. The van der Waals surface area contributed by atoms with Crippen LogP contribution in [0.2, 0.25) is 0 Å². The summed E-state index contributed by atoms with van der Waals surface area (Å²) in [5.74, 6) is -0.0488. The molecule has 0 radical (unpaired) electrons. The molecule has 1 heterocycles. The molecule has 0 aliphatic heterocycles. The lowest BCUT2D eigenvalue weighted by Crippen LogP contribution is -2.27. The zero-order valence-electron chi connectivity index (χ0n) is 12.0. The smallest absolute Gasteiger partial charge is 0.289 e. The third-order valence-corrected chi connectivity index (χ3v) is 2.75. The summed E-state index contributed by atoms with van der Waals surface area (Å²) in [4.78, 5) is 20.2. The highest BCUT2D eigenvalue weighted by Gasteiger charge is 2.09. The maximum Gasteiger partial charge on any atom is 0.289 e. The van der Waals surface area contributed by atoms with Crippen LogP contribution >= 0.6 is 24.8 Å². The number of methoxy groups -OCH3 is 1. The van der Waals surface area contributed by atoms with Gasteiger partial charge in [-0.3, -0.25) is 4.79 Å². The maximum absolute atomic E-state index is 11.8. The Morgan fingerprint density at radius 2 is 2.10 bits per heavy atom. The van der Waals surface area contributed by atoms with Crippen molar-refractivity contribution in [1.29, 1.82) is 0 Å². The third-order valence-electron chi connectivity index (χ3n) is 2.75. The van der Waals surface area contributed by atoms with Gasteiger partial charge in [-0.15, -0.1) is 24.8 Å². The Morgan fingerprint density at radius 3 is 2.81 bits per heavy atom. The van der Waals surface area contributed by atoms with E-state index < -0.39 is 0 Å². The van der Waals surface area contributed by atoms with Crippen molar-refractivity contribution in [2.75, 3.05) is 20.3 Å². The molecular weight excluding hydrogens is 313 g/mol. The van der Waals surface area contributed by atoms with Crippen molar-refractivity contribution < 1.29 is 9.53 Å². The van der Waals surface area contributed by atoms with Crippen LogP contribution in [0.4, 0.5) is 0 Å². The molecule has 1 aromatic heterocycles. The highest BCUT2D eigenvalue weighted by Crippen LogP contribution is 2.12.